The summed E-state index contributed by atoms with van der Waals surface area (Å²) in [4.78, 5) is 12.6. The molecule has 6 heteroatoms. The molecule has 0 saturated heterocycles. The number of hydrogen-bond acceptors (Lipinski definition) is 5. The van der Waals surface area contributed by atoms with E-state index in [0.717, 1.165) is 18.6 Å². The van der Waals surface area contributed by atoms with E-state index in [1.165, 1.54) is 83.5 Å². The van der Waals surface area contributed by atoms with Crippen LogP contribution < -0.4 is 4.68 Å². The summed E-state index contributed by atoms with van der Waals surface area (Å²) in [6, 6.07) is 11.3. The summed E-state index contributed by atoms with van der Waals surface area (Å²) >= 11 is 0. The molecule has 0 bridgehead atoms. The maximum atomic E-state index is 12.6. The zero-order valence-electron chi connectivity index (χ0n) is 24.0. The van der Waals surface area contributed by atoms with Crippen LogP contribution in [0.2, 0.25) is 0 Å². The highest BCUT2D eigenvalue weighted by Crippen LogP contribution is 2.13. The van der Waals surface area contributed by atoms with Gasteiger partial charge in [0.1, 0.15) is 12.7 Å². The van der Waals surface area contributed by atoms with Gasteiger partial charge in [0.15, 0.2) is 12.7 Å². The summed E-state index contributed by atoms with van der Waals surface area (Å²) in [5.41, 5.74) is 1.51. The van der Waals surface area contributed by atoms with Crippen LogP contribution in [-0.4, -0.2) is 44.1 Å². The Bertz CT molecular complexity index is 846. The van der Waals surface area contributed by atoms with E-state index < -0.39 is 0 Å². The second kappa shape index (κ2) is 21.6. The number of nitrogens with zero attached hydrogens (tertiary/aromatic N) is 2. The molecule has 0 saturated carbocycles. The van der Waals surface area contributed by atoms with Gasteiger partial charge in [-0.05, 0) is 29.7 Å². The topological polar surface area (TPSA) is 61.5 Å². The Morgan fingerprint density at radius 1 is 0.842 bits per heavy atom. The lowest BCUT2D eigenvalue weighted by Gasteiger charge is -2.16. The number of esters is 1. The highest BCUT2D eigenvalue weighted by Gasteiger charge is 2.14. The van der Waals surface area contributed by atoms with Crippen molar-refractivity contribution in [2.45, 2.75) is 109 Å². The van der Waals surface area contributed by atoms with Crippen molar-refractivity contribution in [3.05, 3.63) is 59.9 Å². The van der Waals surface area contributed by atoms with Crippen LogP contribution in [0.4, 0.5) is 0 Å². The predicted octanol–water partition coefficient (Wildman–Crippen LogP) is 7.09. The zero-order valence-corrected chi connectivity index (χ0v) is 24.0. The first kappa shape index (κ1) is 31.9. The van der Waals surface area contributed by atoms with Crippen molar-refractivity contribution in [3.8, 4) is 0 Å². The monoisotopic (exact) mass is 527 g/mol. The van der Waals surface area contributed by atoms with Crippen LogP contribution in [0, 0.1) is 0 Å². The molecule has 6 nitrogen and oxygen atoms in total. The van der Waals surface area contributed by atoms with Gasteiger partial charge in [-0.15, -0.1) is 0 Å². The van der Waals surface area contributed by atoms with Gasteiger partial charge in [-0.3, -0.25) is 0 Å². The number of rotatable bonds is 23. The van der Waals surface area contributed by atoms with Gasteiger partial charge in [-0.25, -0.2) is 4.79 Å². The van der Waals surface area contributed by atoms with Crippen molar-refractivity contribution in [1.29, 1.82) is 0 Å². The van der Waals surface area contributed by atoms with Gasteiger partial charge < -0.3 is 14.2 Å². The Balaban J connectivity index is 1.47. The normalized spacial score (nSPS) is 11.9. The molecule has 0 aliphatic carbocycles. The zero-order chi connectivity index (χ0) is 27.1. The maximum Gasteiger partial charge on any atom is 0.338 e. The van der Waals surface area contributed by atoms with E-state index >= 15 is 0 Å². The van der Waals surface area contributed by atoms with Crippen molar-refractivity contribution in [2.75, 3.05) is 26.9 Å². The van der Waals surface area contributed by atoms with Gasteiger partial charge in [-0.2, -0.15) is 0 Å². The molecular formula is C32H51N2O4+. The molecule has 0 aliphatic rings. The lowest BCUT2D eigenvalue weighted by Crippen LogP contribution is -2.37. The van der Waals surface area contributed by atoms with Gasteiger partial charge in [0.25, 0.3) is 0 Å². The van der Waals surface area contributed by atoms with Gasteiger partial charge in [0.05, 0.1) is 18.4 Å². The molecule has 0 aliphatic heterocycles. The summed E-state index contributed by atoms with van der Waals surface area (Å²) in [7, 11) is 1.62. The van der Waals surface area contributed by atoms with Crippen LogP contribution >= 0.6 is 0 Å². The van der Waals surface area contributed by atoms with Crippen LogP contribution in [0.1, 0.15) is 113 Å². The molecule has 0 N–H and O–H groups in total. The SMILES string of the molecule is CCCCCCCCCCCCCCCCOCC(COC(=O)c1cccc(C[n+]2ccccn2)c1)OC. The van der Waals surface area contributed by atoms with Gasteiger partial charge >= 0.3 is 5.97 Å². The number of carbonyl (C=O) groups is 1. The predicted molar refractivity (Wildman–Crippen MR) is 152 cm³/mol. The van der Waals surface area contributed by atoms with Gasteiger partial charge in [0, 0.05) is 25.3 Å². The summed E-state index contributed by atoms with van der Waals surface area (Å²) in [5.74, 6) is -0.355. The minimum Gasteiger partial charge on any atom is -0.459 e. The van der Waals surface area contributed by atoms with Crippen LogP contribution in [0.25, 0.3) is 0 Å². The maximum absolute atomic E-state index is 12.6. The smallest absolute Gasteiger partial charge is 0.338 e. The number of methoxy groups -OCH3 is 1. The van der Waals surface area contributed by atoms with Crippen LogP contribution in [0.5, 0.6) is 0 Å². The molecule has 0 amide bonds. The molecule has 1 heterocycles. The van der Waals surface area contributed by atoms with E-state index in [-0.39, 0.29) is 18.7 Å². The van der Waals surface area contributed by atoms with E-state index in [4.69, 9.17) is 14.2 Å². The molecule has 0 spiro atoms. The first-order valence-corrected chi connectivity index (χ1v) is 14.9. The van der Waals surface area contributed by atoms with Crippen LogP contribution in [-0.2, 0) is 20.8 Å². The number of benzene rings is 1. The molecule has 1 aromatic carbocycles. The van der Waals surface area contributed by atoms with Gasteiger partial charge in [0.2, 0.25) is 0 Å². The van der Waals surface area contributed by atoms with Crippen molar-refractivity contribution in [1.82, 2.24) is 5.10 Å². The third kappa shape index (κ3) is 15.2. The second-order valence-electron chi connectivity index (χ2n) is 10.2. The average molecular weight is 528 g/mol. The van der Waals surface area contributed by atoms with E-state index in [2.05, 4.69) is 12.0 Å². The Hall–Kier alpha value is -2.31. The van der Waals surface area contributed by atoms with Crippen molar-refractivity contribution in [2.24, 2.45) is 0 Å². The molecular weight excluding hydrogens is 476 g/mol. The molecule has 212 valence electrons. The summed E-state index contributed by atoms with van der Waals surface area (Å²) in [5, 5.41) is 4.27. The molecule has 1 aromatic heterocycles. The molecule has 1 unspecified atom stereocenters. The molecule has 0 fully saturated rings. The van der Waals surface area contributed by atoms with E-state index in [0.29, 0.717) is 18.7 Å². The minimum absolute atomic E-state index is 0.174. The third-order valence-corrected chi connectivity index (χ3v) is 6.86. The standard InChI is InChI=1S/C32H51N2O4/c1-3-4-5-6-7-8-9-10-11-12-13-14-15-18-24-37-27-31(36-2)28-38-32(35)30-21-19-20-29(25-30)26-34-23-17-16-22-33-34/h16-17,19-23,25,31H,3-15,18,24,26-28H2,1-2H3/q+1. The molecule has 2 rings (SSSR count). The summed E-state index contributed by atoms with van der Waals surface area (Å²) in [6.45, 7) is 4.19. The van der Waals surface area contributed by atoms with Crippen molar-refractivity contribution >= 4 is 5.97 Å². The fourth-order valence-electron chi connectivity index (χ4n) is 4.49. The lowest BCUT2D eigenvalue weighted by molar-refractivity contribution is -0.746. The minimum atomic E-state index is -0.355. The van der Waals surface area contributed by atoms with E-state index in [1.807, 2.05) is 41.2 Å². The van der Waals surface area contributed by atoms with E-state index in [1.54, 1.807) is 19.4 Å². The Morgan fingerprint density at radius 2 is 1.50 bits per heavy atom. The highest BCUT2D eigenvalue weighted by molar-refractivity contribution is 5.89. The Labute approximate surface area is 231 Å². The lowest BCUT2D eigenvalue weighted by atomic mass is 10.0. The number of aromatic nitrogens is 2. The first-order valence-electron chi connectivity index (χ1n) is 14.9. The van der Waals surface area contributed by atoms with Gasteiger partial charge in [-0.1, -0.05) is 107 Å². The summed E-state index contributed by atoms with van der Waals surface area (Å²) < 4.78 is 18.6. The van der Waals surface area contributed by atoms with Crippen molar-refractivity contribution in [3.63, 3.8) is 0 Å². The number of hydrogen-bond donors (Lipinski definition) is 0. The fraction of sp³-hybridized carbons (Fsp3) is 0.656. The molecule has 38 heavy (non-hydrogen) atoms. The largest absolute Gasteiger partial charge is 0.459 e. The molecule has 2 aromatic rings. The summed E-state index contributed by atoms with van der Waals surface area (Å²) in [6.07, 6.45) is 22.2. The highest BCUT2D eigenvalue weighted by atomic mass is 16.6. The first-order chi connectivity index (χ1) is 18.7. The number of carbonyl (C=O) groups excluding carboxylic acids is 1. The Morgan fingerprint density at radius 3 is 2.11 bits per heavy atom. The van der Waals surface area contributed by atoms with Crippen LogP contribution in [0.15, 0.2) is 48.8 Å². The second-order valence-corrected chi connectivity index (χ2v) is 10.2. The fourth-order valence-corrected chi connectivity index (χ4v) is 4.49. The van der Waals surface area contributed by atoms with Crippen LogP contribution in [0.3, 0.4) is 0 Å². The van der Waals surface area contributed by atoms with Crippen molar-refractivity contribution < 1.29 is 23.7 Å². The number of ether oxygens (including phenoxy) is 3. The van der Waals surface area contributed by atoms with E-state index in [9.17, 15) is 4.79 Å². The Kier molecular flexibility index (Phi) is 18.1. The molecule has 1 atom stereocenters. The number of unbranched alkanes of at least 4 members (excludes halogenated alkanes) is 13. The molecule has 0 radical (unpaired) electrons. The third-order valence-electron chi connectivity index (χ3n) is 6.86. The average Bonchev–Trinajstić information content (AvgIpc) is 2.95. The quantitative estimate of drug-likeness (QED) is 0.0877.